The Morgan fingerprint density at radius 3 is 1.33 bits per heavy atom. The summed E-state index contributed by atoms with van der Waals surface area (Å²) in [6.07, 6.45) is 47.9. The van der Waals surface area contributed by atoms with Crippen LogP contribution in [0.2, 0.25) is 0 Å². The maximum Gasteiger partial charge on any atom is 0.306 e. The molecule has 0 radical (unpaired) electrons. The topological polar surface area (TPSA) is 175 Å². The van der Waals surface area contributed by atoms with Crippen LogP contribution >= 0.6 is 0 Å². The van der Waals surface area contributed by atoms with Gasteiger partial charge < -0.3 is 45.1 Å². The second kappa shape index (κ2) is 50.9. The number of ether oxygens (including phenoxy) is 3. The van der Waals surface area contributed by atoms with Crippen molar-refractivity contribution < 1.29 is 49.3 Å². The van der Waals surface area contributed by atoms with E-state index in [2.05, 4.69) is 38.2 Å². The van der Waals surface area contributed by atoms with E-state index in [1.165, 1.54) is 180 Å². The van der Waals surface area contributed by atoms with Crippen LogP contribution in [0, 0.1) is 0 Å². The second-order valence-electron chi connectivity index (χ2n) is 21.8. The second-order valence-corrected chi connectivity index (χ2v) is 21.8. The van der Waals surface area contributed by atoms with E-state index in [1.54, 1.807) is 6.08 Å². The van der Waals surface area contributed by atoms with E-state index in [0.717, 1.165) is 70.6 Å². The Morgan fingerprint density at radius 2 is 0.904 bits per heavy atom. The molecule has 0 aromatic heterocycles. The summed E-state index contributed by atoms with van der Waals surface area (Å²) in [5, 5.41) is 56.9. The van der Waals surface area contributed by atoms with Crippen LogP contribution in [0.1, 0.15) is 297 Å². The minimum Gasteiger partial charge on any atom is -0.454 e. The van der Waals surface area contributed by atoms with Gasteiger partial charge in [0.25, 0.3) is 0 Å². The molecule has 11 nitrogen and oxygen atoms in total. The normalized spacial score (nSPS) is 19.5. The van der Waals surface area contributed by atoms with Gasteiger partial charge in [-0.2, -0.15) is 0 Å². The van der Waals surface area contributed by atoms with E-state index in [1.807, 2.05) is 6.08 Å². The third kappa shape index (κ3) is 39.2. The largest absolute Gasteiger partial charge is 0.454 e. The summed E-state index contributed by atoms with van der Waals surface area (Å²) in [6.45, 7) is 5.80. The molecule has 8 unspecified atom stereocenters. The van der Waals surface area contributed by atoms with E-state index >= 15 is 0 Å². The minimum atomic E-state index is -1.61. The van der Waals surface area contributed by atoms with Crippen LogP contribution < -0.4 is 5.32 Å². The highest BCUT2D eigenvalue weighted by molar-refractivity contribution is 5.80. The Bertz CT molecular complexity index is 1280. The maximum absolute atomic E-state index is 13.4. The van der Waals surface area contributed by atoms with Crippen molar-refractivity contribution in [2.45, 2.75) is 346 Å². The fourth-order valence-electron chi connectivity index (χ4n) is 9.88. The smallest absolute Gasteiger partial charge is 0.306 e. The van der Waals surface area contributed by atoms with Gasteiger partial charge in [0.15, 0.2) is 12.4 Å². The van der Waals surface area contributed by atoms with Crippen LogP contribution in [0.15, 0.2) is 24.3 Å². The zero-order valence-electron chi connectivity index (χ0n) is 47.5. The molecule has 430 valence electrons. The Balaban J connectivity index is 2.66. The number of allylic oxidation sites excluding steroid dienone is 3. The summed E-state index contributed by atoms with van der Waals surface area (Å²) >= 11 is 0. The lowest BCUT2D eigenvalue weighted by Gasteiger charge is -2.41. The van der Waals surface area contributed by atoms with Gasteiger partial charge in [-0.3, -0.25) is 9.59 Å². The molecule has 0 aromatic rings. The van der Waals surface area contributed by atoms with E-state index < -0.39 is 67.4 Å². The summed E-state index contributed by atoms with van der Waals surface area (Å²) in [5.74, 6) is -1.19. The van der Waals surface area contributed by atoms with Crippen molar-refractivity contribution in [1.82, 2.24) is 5.32 Å². The Hall–Kier alpha value is -1.86. The third-order valence-corrected chi connectivity index (χ3v) is 14.9. The van der Waals surface area contributed by atoms with Crippen LogP contribution in [0.4, 0.5) is 0 Å². The lowest BCUT2D eigenvalue weighted by atomic mass is 9.99. The van der Waals surface area contributed by atoms with Gasteiger partial charge in [-0.25, -0.2) is 0 Å². The summed E-state index contributed by atoms with van der Waals surface area (Å²) < 4.78 is 17.6. The Morgan fingerprint density at radius 1 is 0.521 bits per heavy atom. The number of hydrogen-bond donors (Lipinski definition) is 6. The number of nitrogens with one attached hydrogen (secondary N) is 1. The lowest BCUT2D eigenvalue weighted by molar-refractivity contribution is -0.305. The van der Waals surface area contributed by atoms with Gasteiger partial charge in [-0.15, -0.1) is 0 Å². The summed E-state index contributed by atoms with van der Waals surface area (Å²) in [7, 11) is 0. The Kier molecular flexibility index (Phi) is 48.2. The highest BCUT2D eigenvalue weighted by atomic mass is 16.7. The van der Waals surface area contributed by atoms with Crippen molar-refractivity contribution in [3.05, 3.63) is 24.3 Å². The van der Waals surface area contributed by atoms with Crippen molar-refractivity contribution >= 4 is 11.9 Å². The minimum absolute atomic E-state index is 0.129. The average Bonchev–Trinajstić information content (AvgIpc) is 3.39. The first-order chi connectivity index (χ1) is 35.7. The molecule has 0 saturated carbocycles. The molecule has 0 aliphatic carbocycles. The molecular formula is C62H117NO10. The first-order valence-electron chi connectivity index (χ1n) is 31.1. The first-order valence-corrected chi connectivity index (χ1v) is 31.1. The number of aliphatic hydroxyl groups is 5. The van der Waals surface area contributed by atoms with E-state index in [9.17, 15) is 35.1 Å². The molecule has 1 aliphatic rings. The fourth-order valence-corrected chi connectivity index (χ4v) is 9.88. The molecular weight excluding hydrogens is 919 g/mol. The maximum atomic E-state index is 13.4. The number of unbranched alkanes of at least 4 members (excludes halogenated alkanes) is 37. The number of rotatable bonds is 53. The van der Waals surface area contributed by atoms with Crippen molar-refractivity contribution in [1.29, 1.82) is 0 Å². The summed E-state index contributed by atoms with van der Waals surface area (Å²) in [6, 6.07) is -1.02. The number of carbonyl (C=O) groups is 2. The lowest BCUT2D eigenvalue weighted by Crippen LogP contribution is -2.61. The molecule has 1 aliphatic heterocycles. The molecule has 0 aromatic carbocycles. The molecule has 1 heterocycles. The molecule has 1 saturated heterocycles. The van der Waals surface area contributed by atoms with E-state index in [0.29, 0.717) is 12.8 Å². The molecule has 0 bridgehead atoms. The van der Waals surface area contributed by atoms with Crippen LogP contribution in [-0.4, -0.2) is 99.6 Å². The predicted octanol–water partition coefficient (Wildman–Crippen LogP) is 14.5. The van der Waals surface area contributed by atoms with Crippen LogP contribution in [-0.2, 0) is 23.8 Å². The first kappa shape index (κ1) is 69.2. The highest BCUT2D eigenvalue weighted by Gasteiger charge is 2.47. The van der Waals surface area contributed by atoms with Gasteiger partial charge in [0.1, 0.15) is 24.4 Å². The van der Waals surface area contributed by atoms with E-state index in [-0.39, 0.29) is 19.4 Å². The fraction of sp³-hybridized carbons (Fsp3) is 0.903. The number of amides is 1. The van der Waals surface area contributed by atoms with Gasteiger partial charge in [-0.1, -0.05) is 263 Å². The zero-order chi connectivity index (χ0) is 53.3. The number of esters is 1. The predicted molar refractivity (Wildman–Crippen MR) is 301 cm³/mol. The number of hydrogen-bond acceptors (Lipinski definition) is 10. The standard InChI is InChI=1S/C62H117NO10/c1-4-7-10-13-16-19-22-24-26-28-30-32-35-38-41-44-47-50-57(67)73-60-59(69)58(68)56(51-64)72-62(60)71-52-53(54(65)48-45-42-39-36-33-21-18-15-12-9-6-3)63-61(70)55(66)49-46-43-40-37-34-31-29-27-25-23-20-17-14-11-8-5-2/h25,27,45,48,53-56,58-60,62,64-66,68-69H,4-24,26,28-44,46-47,49-52H2,1-3H3,(H,63,70)/b27-25+,48-45+. The van der Waals surface area contributed by atoms with Crippen LogP contribution in [0.3, 0.4) is 0 Å². The number of aliphatic hydroxyl groups excluding tert-OH is 5. The molecule has 1 rings (SSSR count). The quantitative estimate of drug-likeness (QED) is 0.0195. The molecule has 1 amide bonds. The van der Waals surface area contributed by atoms with Gasteiger partial charge in [0, 0.05) is 6.42 Å². The zero-order valence-corrected chi connectivity index (χ0v) is 47.5. The van der Waals surface area contributed by atoms with Crippen molar-refractivity contribution in [2.24, 2.45) is 0 Å². The SMILES string of the molecule is CCCCCCCC/C=C/CCCCCCCCC(O)C(=O)NC(COC1OC(CO)C(O)C(O)C1OC(=O)CCCCCCCCCCCCCCCCCCC)C(O)/C=C/CCCCCCCCCCC. The third-order valence-electron chi connectivity index (χ3n) is 14.9. The molecule has 1 fully saturated rings. The molecule has 6 N–H and O–H groups in total. The van der Waals surface area contributed by atoms with E-state index in [4.69, 9.17) is 14.2 Å². The van der Waals surface area contributed by atoms with Gasteiger partial charge in [0.2, 0.25) is 5.91 Å². The van der Waals surface area contributed by atoms with Crippen LogP contribution in [0.5, 0.6) is 0 Å². The molecule has 8 atom stereocenters. The molecule has 73 heavy (non-hydrogen) atoms. The van der Waals surface area contributed by atoms with Gasteiger partial charge in [-0.05, 0) is 51.4 Å². The Labute approximate surface area is 448 Å². The van der Waals surface area contributed by atoms with Crippen LogP contribution in [0.25, 0.3) is 0 Å². The summed E-state index contributed by atoms with van der Waals surface area (Å²) in [4.78, 5) is 26.5. The van der Waals surface area contributed by atoms with Crippen molar-refractivity contribution in [3.63, 3.8) is 0 Å². The van der Waals surface area contributed by atoms with Gasteiger partial charge >= 0.3 is 5.97 Å². The number of carbonyl (C=O) groups excluding carboxylic acids is 2. The van der Waals surface area contributed by atoms with Gasteiger partial charge in [0.05, 0.1) is 25.4 Å². The average molecular weight is 1040 g/mol. The van der Waals surface area contributed by atoms with Crippen molar-refractivity contribution in [2.75, 3.05) is 13.2 Å². The molecule has 11 heteroatoms. The highest BCUT2D eigenvalue weighted by Crippen LogP contribution is 2.26. The van der Waals surface area contributed by atoms with Crippen molar-refractivity contribution in [3.8, 4) is 0 Å². The summed E-state index contributed by atoms with van der Waals surface area (Å²) in [5.41, 5.74) is 0. The monoisotopic (exact) mass is 1040 g/mol. The molecule has 0 spiro atoms.